The maximum atomic E-state index is 12.4. The van der Waals surface area contributed by atoms with Crippen molar-refractivity contribution < 1.29 is 24.5 Å². The highest BCUT2D eigenvalue weighted by molar-refractivity contribution is 5.76. The van der Waals surface area contributed by atoms with E-state index in [1.165, 1.54) is 186 Å². The van der Waals surface area contributed by atoms with Crippen molar-refractivity contribution in [1.82, 2.24) is 5.32 Å². The molecule has 1 amide bonds. The molecule has 0 heterocycles. The molecule has 2 atom stereocenters. The van der Waals surface area contributed by atoms with Gasteiger partial charge in [-0.2, -0.15) is 0 Å². The van der Waals surface area contributed by atoms with Crippen LogP contribution in [-0.2, 0) is 14.3 Å². The molecule has 0 aromatic carbocycles. The summed E-state index contributed by atoms with van der Waals surface area (Å²) in [6, 6.07) is -0.549. The summed E-state index contributed by atoms with van der Waals surface area (Å²) >= 11 is 0. The smallest absolute Gasteiger partial charge is 0.305 e. The first-order valence-electron chi connectivity index (χ1n) is 27.8. The second-order valence-corrected chi connectivity index (χ2v) is 18.9. The molecule has 0 fully saturated rings. The topological polar surface area (TPSA) is 95.9 Å². The Morgan fingerprint density at radius 1 is 0.444 bits per heavy atom. The molecule has 0 aliphatic heterocycles. The van der Waals surface area contributed by atoms with Gasteiger partial charge in [-0.15, -0.1) is 0 Å². The van der Waals surface area contributed by atoms with Crippen molar-refractivity contribution in [1.29, 1.82) is 0 Å². The van der Waals surface area contributed by atoms with Gasteiger partial charge in [0.2, 0.25) is 5.91 Å². The van der Waals surface area contributed by atoms with E-state index in [9.17, 15) is 19.8 Å². The number of carbonyl (C=O) groups excluding carboxylic acids is 2. The molecule has 63 heavy (non-hydrogen) atoms. The first kappa shape index (κ1) is 61.1. The molecule has 370 valence electrons. The molecule has 0 aliphatic carbocycles. The van der Waals surface area contributed by atoms with Crippen molar-refractivity contribution in [2.45, 2.75) is 302 Å². The quantitative estimate of drug-likeness (QED) is 0.0245. The molecule has 0 bridgehead atoms. The van der Waals surface area contributed by atoms with Crippen LogP contribution in [0.15, 0.2) is 36.5 Å². The van der Waals surface area contributed by atoms with Gasteiger partial charge in [-0.05, 0) is 83.5 Å². The average Bonchev–Trinajstić information content (AvgIpc) is 3.28. The minimum atomic E-state index is -0.670. The van der Waals surface area contributed by atoms with Crippen LogP contribution in [0.2, 0.25) is 0 Å². The number of allylic oxidation sites excluding steroid dienone is 6. The monoisotopic (exact) mass is 886 g/mol. The molecule has 0 aromatic rings. The lowest BCUT2D eigenvalue weighted by molar-refractivity contribution is -0.143. The van der Waals surface area contributed by atoms with Crippen molar-refractivity contribution in [3.05, 3.63) is 36.5 Å². The number of hydrogen-bond acceptors (Lipinski definition) is 5. The highest BCUT2D eigenvalue weighted by atomic mass is 16.5. The van der Waals surface area contributed by atoms with Gasteiger partial charge in [0.15, 0.2) is 0 Å². The molecular weight excluding hydrogens is 779 g/mol. The van der Waals surface area contributed by atoms with Crippen molar-refractivity contribution in [2.75, 3.05) is 13.2 Å². The Balaban J connectivity index is 3.48. The summed E-state index contributed by atoms with van der Waals surface area (Å²) in [6.45, 7) is 4.90. The summed E-state index contributed by atoms with van der Waals surface area (Å²) in [5.74, 6) is -0.0676. The number of esters is 1. The van der Waals surface area contributed by atoms with Crippen LogP contribution >= 0.6 is 0 Å². The van der Waals surface area contributed by atoms with E-state index in [0.717, 1.165) is 70.6 Å². The summed E-state index contributed by atoms with van der Waals surface area (Å²) in [6.07, 6.45) is 64.1. The van der Waals surface area contributed by atoms with Gasteiger partial charge in [-0.1, -0.05) is 230 Å². The number of hydrogen-bond donors (Lipinski definition) is 3. The fourth-order valence-corrected chi connectivity index (χ4v) is 8.39. The van der Waals surface area contributed by atoms with Crippen molar-refractivity contribution >= 4 is 11.9 Å². The molecule has 0 aliphatic rings. The van der Waals surface area contributed by atoms with E-state index >= 15 is 0 Å². The van der Waals surface area contributed by atoms with Crippen LogP contribution in [0.1, 0.15) is 290 Å². The number of nitrogens with one attached hydrogen (secondary N) is 1. The highest BCUT2D eigenvalue weighted by Gasteiger charge is 2.20. The maximum absolute atomic E-state index is 12.4. The van der Waals surface area contributed by atoms with E-state index in [4.69, 9.17) is 4.74 Å². The van der Waals surface area contributed by atoms with Gasteiger partial charge in [0.1, 0.15) is 0 Å². The van der Waals surface area contributed by atoms with E-state index in [1.807, 2.05) is 0 Å². The lowest BCUT2D eigenvalue weighted by atomic mass is 10.0. The third-order valence-corrected chi connectivity index (χ3v) is 12.7. The standard InChI is InChI=1S/C57H107NO5/c1-3-5-7-9-11-13-15-17-27-31-35-39-43-47-51-57(62)63-52-48-44-40-36-32-28-24-22-20-18-19-21-23-26-30-34-38-42-46-50-56(61)58-54(53-59)55(60)49-45-41-37-33-29-25-16-14-12-10-8-6-4-2/h15,17,22,24,28,32,54-55,59-60H,3-14,16,18-21,23,25-27,29-31,33-53H2,1-2H3,(H,58,61)/b17-15-,24-22-,32-28-. The molecule has 6 nitrogen and oxygen atoms in total. The zero-order valence-corrected chi connectivity index (χ0v) is 42.1. The van der Waals surface area contributed by atoms with Crippen LogP contribution in [0.3, 0.4) is 0 Å². The summed E-state index contributed by atoms with van der Waals surface area (Å²) in [7, 11) is 0. The Labute approximate surface area is 392 Å². The average molecular weight is 886 g/mol. The Morgan fingerprint density at radius 3 is 1.22 bits per heavy atom. The third kappa shape index (κ3) is 49.4. The van der Waals surface area contributed by atoms with Gasteiger partial charge in [0, 0.05) is 12.8 Å². The van der Waals surface area contributed by atoms with Gasteiger partial charge in [0.05, 0.1) is 25.4 Å². The highest BCUT2D eigenvalue weighted by Crippen LogP contribution is 2.16. The Kier molecular flexibility index (Phi) is 51.1. The SMILES string of the molecule is CCCCCCC/C=C\CCCCCCCC(=O)OCCCCC/C=C\C=C/CCCCCCCCCCCCC(=O)NC(CO)C(O)CCCCCCCCCCCCCCC. The van der Waals surface area contributed by atoms with E-state index in [0.29, 0.717) is 25.9 Å². The van der Waals surface area contributed by atoms with Gasteiger partial charge >= 0.3 is 5.97 Å². The number of aliphatic hydroxyl groups is 2. The van der Waals surface area contributed by atoms with Gasteiger partial charge in [-0.25, -0.2) is 0 Å². The summed E-state index contributed by atoms with van der Waals surface area (Å²) in [5.41, 5.74) is 0. The zero-order chi connectivity index (χ0) is 45.8. The molecule has 0 radical (unpaired) electrons. The Bertz CT molecular complexity index is 1020. The maximum Gasteiger partial charge on any atom is 0.305 e. The van der Waals surface area contributed by atoms with Crippen LogP contribution in [0.25, 0.3) is 0 Å². The van der Waals surface area contributed by atoms with E-state index in [1.54, 1.807) is 0 Å². The second-order valence-electron chi connectivity index (χ2n) is 18.9. The van der Waals surface area contributed by atoms with Crippen LogP contribution in [0, 0.1) is 0 Å². The lowest BCUT2D eigenvalue weighted by Crippen LogP contribution is -2.45. The molecule has 0 aromatic heterocycles. The molecular formula is C57H107NO5. The largest absolute Gasteiger partial charge is 0.466 e. The van der Waals surface area contributed by atoms with E-state index in [-0.39, 0.29) is 18.5 Å². The van der Waals surface area contributed by atoms with Crippen molar-refractivity contribution in [2.24, 2.45) is 0 Å². The number of rotatable bonds is 51. The number of unbranched alkanes of at least 4 members (excludes halogenated alkanes) is 35. The third-order valence-electron chi connectivity index (χ3n) is 12.7. The van der Waals surface area contributed by atoms with Gasteiger partial charge < -0.3 is 20.3 Å². The molecule has 0 rings (SSSR count). The molecule has 2 unspecified atom stereocenters. The summed E-state index contributed by atoms with van der Waals surface area (Å²) < 4.78 is 5.44. The first-order valence-corrected chi connectivity index (χ1v) is 27.8. The molecule has 0 spiro atoms. The number of amides is 1. The molecule has 6 heteroatoms. The van der Waals surface area contributed by atoms with Crippen LogP contribution in [0.4, 0.5) is 0 Å². The number of aliphatic hydroxyl groups excluding tert-OH is 2. The second kappa shape index (κ2) is 52.7. The Morgan fingerprint density at radius 2 is 0.794 bits per heavy atom. The van der Waals surface area contributed by atoms with Gasteiger partial charge in [0.25, 0.3) is 0 Å². The summed E-state index contributed by atoms with van der Waals surface area (Å²) in [5, 5.41) is 23.2. The van der Waals surface area contributed by atoms with Crippen LogP contribution in [-0.4, -0.2) is 47.4 Å². The van der Waals surface area contributed by atoms with Crippen molar-refractivity contribution in [3.8, 4) is 0 Å². The zero-order valence-electron chi connectivity index (χ0n) is 42.1. The van der Waals surface area contributed by atoms with Gasteiger partial charge in [-0.3, -0.25) is 9.59 Å². The predicted molar refractivity (Wildman–Crippen MR) is 273 cm³/mol. The van der Waals surface area contributed by atoms with Crippen LogP contribution < -0.4 is 5.32 Å². The fraction of sp³-hybridized carbons (Fsp3) is 0.860. The molecule has 0 saturated heterocycles. The normalized spacial score (nSPS) is 12.9. The number of ether oxygens (including phenoxy) is 1. The summed E-state index contributed by atoms with van der Waals surface area (Å²) in [4.78, 5) is 24.5. The van der Waals surface area contributed by atoms with E-state index < -0.39 is 12.1 Å². The minimum absolute atomic E-state index is 0.0222. The predicted octanol–water partition coefficient (Wildman–Crippen LogP) is 16.9. The minimum Gasteiger partial charge on any atom is -0.466 e. The van der Waals surface area contributed by atoms with E-state index in [2.05, 4.69) is 55.6 Å². The Hall–Kier alpha value is -1.92. The first-order chi connectivity index (χ1) is 31.0. The lowest BCUT2D eigenvalue weighted by Gasteiger charge is -2.22. The fourth-order valence-electron chi connectivity index (χ4n) is 8.39. The number of carbonyl (C=O) groups is 2. The molecule has 3 N–H and O–H groups in total. The molecule has 0 saturated carbocycles. The van der Waals surface area contributed by atoms with Crippen molar-refractivity contribution in [3.63, 3.8) is 0 Å². The van der Waals surface area contributed by atoms with Crippen LogP contribution in [0.5, 0.6) is 0 Å².